The molecule has 3 aromatic rings. The zero-order valence-corrected chi connectivity index (χ0v) is 16.0. The number of unbranched alkanes of at least 4 members (excludes halogenated alkanes) is 1. The van der Waals surface area contributed by atoms with E-state index in [0.29, 0.717) is 30.8 Å². The molecule has 8 heteroatoms. The summed E-state index contributed by atoms with van der Waals surface area (Å²) in [6.07, 6.45) is 2.72. The highest BCUT2D eigenvalue weighted by Gasteiger charge is 2.12. The van der Waals surface area contributed by atoms with Crippen molar-refractivity contribution in [3.05, 3.63) is 76.1 Å². The van der Waals surface area contributed by atoms with Crippen LogP contribution in [0.25, 0.3) is 11.3 Å². The molecule has 0 atom stereocenters. The minimum atomic E-state index is -0.540. The Morgan fingerprint density at radius 1 is 1.13 bits per heavy atom. The third kappa shape index (κ3) is 5.31. The molecule has 8 nitrogen and oxygen atoms in total. The van der Waals surface area contributed by atoms with Gasteiger partial charge >= 0.3 is 0 Å². The van der Waals surface area contributed by atoms with Gasteiger partial charge in [0.05, 0.1) is 24.6 Å². The summed E-state index contributed by atoms with van der Waals surface area (Å²) < 4.78 is 5.54. The Morgan fingerprint density at radius 3 is 2.60 bits per heavy atom. The number of rotatable bonds is 8. The number of aromatic nitrogens is 2. The average Bonchev–Trinajstić information content (AvgIpc) is 2.78. The third-order valence-electron chi connectivity index (χ3n) is 4.04. The maximum absolute atomic E-state index is 12.2. The summed E-state index contributed by atoms with van der Waals surface area (Å²) in [5.41, 5.74) is 3.86. The number of hydrogen-bond donors (Lipinski definition) is 2. The maximum Gasteiger partial charge on any atom is 0.270 e. The summed E-state index contributed by atoms with van der Waals surface area (Å²) in [5, 5.41) is 21.9. The number of hydrazone groups is 1. The number of benzene rings is 2. The molecule has 0 saturated heterocycles. The molecule has 0 aliphatic rings. The lowest BCUT2D eigenvalue weighted by Crippen LogP contribution is -2.16. The van der Waals surface area contributed by atoms with E-state index < -0.39 is 5.56 Å². The number of anilines is 1. The van der Waals surface area contributed by atoms with Crippen molar-refractivity contribution >= 4 is 12.2 Å². The molecule has 3 rings (SSSR count). The van der Waals surface area contributed by atoms with Crippen molar-refractivity contribution in [2.24, 2.45) is 5.10 Å². The van der Waals surface area contributed by atoms with E-state index in [0.717, 1.165) is 5.56 Å². The van der Waals surface area contributed by atoms with Gasteiger partial charge in [-0.2, -0.15) is 15.6 Å². The van der Waals surface area contributed by atoms with Gasteiger partial charge in [-0.05, 0) is 36.2 Å². The number of nitriles is 2. The van der Waals surface area contributed by atoms with Crippen molar-refractivity contribution in [3.63, 3.8) is 0 Å². The molecular weight excluding hydrogens is 380 g/mol. The molecule has 0 aliphatic heterocycles. The second-order valence-corrected chi connectivity index (χ2v) is 6.17. The van der Waals surface area contributed by atoms with Gasteiger partial charge in [0.1, 0.15) is 17.4 Å². The molecule has 30 heavy (non-hydrogen) atoms. The fourth-order valence-corrected chi connectivity index (χ4v) is 2.59. The van der Waals surface area contributed by atoms with Crippen LogP contribution in [0.4, 0.5) is 5.95 Å². The third-order valence-corrected chi connectivity index (χ3v) is 4.04. The molecule has 0 unspecified atom stereocenters. The van der Waals surface area contributed by atoms with Crippen LogP contribution in [0, 0.1) is 22.7 Å². The number of hydrogen-bond acceptors (Lipinski definition) is 7. The molecule has 0 amide bonds. The van der Waals surface area contributed by atoms with Crippen molar-refractivity contribution in [1.82, 2.24) is 9.97 Å². The molecule has 0 saturated carbocycles. The predicted molar refractivity (Wildman–Crippen MR) is 113 cm³/mol. The lowest BCUT2D eigenvalue weighted by atomic mass is 10.1. The van der Waals surface area contributed by atoms with Crippen molar-refractivity contribution in [2.45, 2.75) is 12.8 Å². The molecule has 148 valence electrons. The Morgan fingerprint density at radius 2 is 1.90 bits per heavy atom. The van der Waals surface area contributed by atoms with E-state index in [1.807, 2.05) is 48.5 Å². The van der Waals surface area contributed by atoms with Crippen molar-refractivity contribution in [2.75, 3.05) is 12.0 Å². The van der Waals surface area contributed by atoms with Crippen LogP contribution < -0.4 is 15.7 Å². The SMILES string of the molecule is N#CCCCOc1ccc(C=NNc2nc(-c3ccccc3)c(C#N)c(=O)[nH]2)cc1. The number of ether oxygens (including phenoxy) is 1. The van der Waals surface area contributed by atoms with Crippen LogP contribution in [0.1, 0.15) is 24.0 Å². The van der Waals surface area contributed by atoms with Crippen LogP contribution in [-0.4, -0.2) is 22.8 Å². The van der Waals surface area contributed by atoms with E-state index in [-0.39, 0.29) is 17.2 Å². The highest BCUT2D eigenvalue weighted by Crippen LogP contribution is 2.19. The zero-order chi connectivity index (χ0) is 21.2. The van der Waals surface area contributed by atoms with E-state index in [4.69, 9.17) is 10.00 Å². The first-order valence-corrected chi connectivity index (χ1v) is 9.20. The molecule has 0 fully saturated rings. The molecule has 0 radical (unpaired) electrons. The molecule has 1 aromatic heterocycles. The fraction of sp³-hybridized carbons (Fsp3) is 0.136. The number of nitrogens with zero attached hydrogens (tertiary/aromatic N) is 4. The Kier molecular flexibility index (Phi) is 6.91. The second-order valence-electron chi connectivity index (χ2n) is 6.17. The summed E-state index contributed by atoms with van der Waals surface area (Å²) in [4.78, 5) is 19.1. The average molecular weight is 398 g/mol. The molecule has 0 bridgehead atoms. The molecule has 0 spiro atoms. The summed E-state index contributed by atoms with van der Waals surface area (Å²) >= 11 is 0. The lowest BCUT2D eigenvalue weighted by molar-refractivity contribution is 0.312. The summed E-state index contributed by atoms with van der Waals surface area (Å²) in [5.74, 6) is 0.843. The van der Waals surface area contributed by atoms with E-state index in [1.165, 1.54) is 0 Å². The molecular formula is C22H18N6O2. The van der Waals surface area contributed by atoms with Crippen LogP contribution >= 0.6 is 0 Å². The first kappa shape index (κ1) is 20.3. The van der Waals surface area contributed by atoms with Crippen molar-refractivity contribution < 1.29 is 4.74 Å². The van der Waals surface area contributed by atoms with Crippen LogP contribution in [0.3, 0.4) is 0 Å². The molecule has 1 heterocycles. The van der Waals surface area contributed by atoms with Crippen LogP contribution in [0.15, 0.2) is 64.5 Å². The lowest BCUT2D eigenvalue weighted by Gasteiger charge is -2.06. The van der Waals surface area contributed by atoms with Gasteiger partial charge in [0, 0.05) is 12.0 Å². The summed E-state index contributed by atoms with van der Waals surface area (Å²) in [6.45, 7) is 0.490. The van der Waals surface area contributed by atoms with Crippen LogP contribution in [-0.2, 0) is 0 Å². The topological polar surface area (TPSA) is 127 Å². The highest BCUT2D eigenvalue weighted by molar-refractivity contribution is 5.80. The van der Waals surface area contributed by atoms with E-state index >= 15 is 0 Å². The first-order valence-electron chi connectivity index (χ1n) is 9.20. The Hall–Kier alpha value is -4.43. The molecule has 0 aliphatic carbocycles. The van der Waals surface area contributed by atoms with E-state index in [2.05, 4.69) is 26.6 Å². The van der Waals surface area contributed by atoms with Crippen LogP contribution in [0.5, 0.6) is 5.75 Å². The fourth-order valence-electron chi connectivity index (χ4n) is 2.59. The predicted octanol–water partition coefficient (Wildman–Crippen LogP) is 3.44. The Balaban J connectivity index is 1.69. The van der Waals surface area contributed by atoms with E-state index in [1.54, 1.807) is 18.3 Å². The quantitative estimate of drug-likeness (QED) is 0.340. The minimum Gasteiger partial charge on any atom is -0.494 e. The van der Waals surface area contributed by atoms with Gasteiger partial charge in [-0.3, -0.25) is 9.78 Å². The van der Waals surface area contributed by atoms with Gasteiger partial charge in [-0.25, -0.2) is 10.4 Å². The van der Waals surface area contributed by atoms with Crippen molar-refractivity contribution in [3.8, 4) is 29.1 Å². The first-order chi connectivity index (χ1) is 14.7. The standard InChI is InChI=1S/C22H18N6O2/c23-12-4-5-13-30-18-10-8-16(9-11-18)15-25-28-22-26-20(17-6-2-1-3-7-17)19(14-24)21(29)27-22/h1-3,6-11,15H,4-5,13H2,(H2,26,27,28,29). The maximum atomic E-state index is 12.2. The van der Waals surface area contributed by atoms with Crippen molar-refractivity contribution in [1.29, 1.82) is 10.5 Å². The monoisotopic (exact) mass is 398 g/mol. The largest absolute Gasteiger partial charge is 0.494 e. The Labute approximate surface area is 173 Å². The zero-order valence-electron chi connectivity index (χ0n) is 16.0. The van der Waals surface area contributed by atoms with Gasteiger partial charge in [-0.15, -0.1) is 0 Å². The van der Waals surface area contributed by atoms with Gasteiger partial charge in [0.15, 0.2) is 0 Å². The number of nitrogens with one attached hydrogen (secondary N) is 2. The minimum absolute atomic E-state index is 0.0545. The molecule has 2 aromatic carbocycles. The van der Waals surface area contributed by atoms with Gasteiger partial charge in [0.25, 0.3) is 5.56 Å². The number of aromatic amines is 1. The van der Waals surface area contributed by atoms with Gasteiger partial charge < -0.3 is 4.74 Å². The Bertz CT molecular complexity index is 1160. The normalized spacial score (nSPS) is 10.3. The van der Waals surface area contributed by atoms with E-state index in [9.17, 15) is 10.1 Å². The van der Waals surface area contributed by atoms with Crippen LogP contribution in [0.2, 0.25) is 0 Å². The van der Waals surface area contributed by atoms with Gasteiger partial charge in [-0.1, -0.05) is 30.3 Å². The summed E-state index contributed by atoms with van der Waals surface area (Å²) in [6, 6.07) is 20.3. The van der Waals surface area contributed by atoms with Gasteiger partial charge in [0.2, 0.25) is 5.95 Å². The smallest absolute Gasteiger partial charge is 0.270 e. The molecule has 2 N–H and O–H groups in total. The second kappa shape index (κ2) is 10.2. The summed E-state index contributed by atoms with van der Waals surface area (Å²) in [7, 11) is 0. The highest BCUT2D eigenvalue weighted by atomic mass is 16.5. The number of H-pyrrole nitrogens is 1.